The van der Waals surface area contributed by atoms with E-state index in [1.165, 1.54) is 12.5 Å². The quantitative estimate of drug-likeness (QED) is 0.0438. The molecule has 61 heavy (non-hydrogen) atoms. The lowest BCUT2D eigenvalue weighted by Gasteiger charge is -2.31. The lowest BCUT2D eigenvalue weighted by molar-refractivity contribution is -0.438. The van der Waals surface area contributed by atoms with Gasteiger partial charge in [-0.3, -0.25) is 14.1 Å². The Kier molecular flexibility index (Phi) is 13.3. The molecule has 0 saturated heterocycles. The van der Waals surface area contributed by atoms with Crippen molar-refractivity contribution in [3.8, 4) is 0 Å². The van der Waals surface area contributed by atoms with Gasteiger partial charge < -0.3 is 10.0 Å². The van der Waals surface area contributed by atoms with Crippen LogP contribution in [-0.4, -0.2) is 59.0 Å². The predicted molar refractivity (Wildman–Crippen MR) is 247 cm³/mol. The van der Waals surface area contributed by atoms with E-state index in [-0.39, 0.29) is 27.9 Å². The van der Waals surface area contributed by atoms with Crippen molar-refractivity contribution in [3.05, 3.63) is 100 Å². The van der Waals surface area contributed by atoms with Crippen molar-refractivity contribution >= 4 is 66.3 Å². The van der Waals surface area contributed by atoms with Crippen LogP contribution >= 0.6 is 0 Å². The zero-order valence-corrected chi connectivity index (χ0v) is 38.3. The zero-order valence-electron chi connectivity index (χ0n) is 37.4. The summed E-state index contributed by atoms with van der Waals surface area (Å²) in [6.07, 6.45) is 14.0. The van der Waals surface area contributed by atoms with Crippen LogP contribution in [0.3, 0.4) is 0 Å². The number of hydrogen-bond acceptors (Lipinski definition) is 6. The lowest BCUT2D eigenvalue weighted by Crippen LogP contribution is -2.30. The van der Waals surface area contributed by atoms with E-state index in [2.05, 4.69) is 68.4 Å². The van der Waals surface area contributed by atoms with Gasteiger partial charge in [0.2, 0.25) is 5.69 Å². The van der Waals surface area contributed by atoms with Gasteiger partial charge in [0, 0.05) is 70.8 Å². The third kappa shape index (κ3) is 8.63. The number of Topliss-reactive ketones (excluding diaryl/α,β-unsaturated/α-hetero) is 2. The number of nitrogens with zero attached hydrogens (tertiary/aromatic N) is 2. The fourth-order valence-electron chi connectivity index (χ4n) is 9.75. The smallest absolute Gasteiger partial charge is 0.335 e. The molecule has 1 unspecified atom stereocenters. The number of carboxylic acids is 1. The van der Waals surface area contributed by atoms with Crippen molar-refractivity contribution in [2.75, 3.05) is 18.0 Å². The summed E-state index contributed by atoms with van der Waals surface area (Å²) in [7, 11) is -4.68. The molecule has 0 saturated carbocycles. The van der Waals surface area contributed by atoms with Gasteiger partial charge >= 0.3 is 5.97 Å². The van der Waals surface area contributed by atoms with Crippen LogP contribution in [0.2, 0.25) is 0 Å². The lowest BCUT2D eigenvalue weighted by atomic mass is 9.75. The predicted octanol–water partition coefficient (Wildman–Crippen LogP) is 11.8. The summed E-state index contributed by atoms with van der Waals surface area (Å²) in [5.41, 5.74) is 6.77. The monoisotopic (exact) mass is 847 g/mol. The number of ketones is 2. The molecular weight excluding hydrogens is 785 g/mol. The molecule has 0 aromatic heterocycles. The van der Waals surface area contributed by atoms with Gasteiger partial charge in [-0.25, -0.2) is 4.79 Å². The Bertz CT molecular complexity index is 2630. The second kappa shape index (κ2) is 17.8. The number of benzene rings is 4. The van der Waals surface area contributed by atoms with E-state index in [4.69, 9.17) is 0 Å². The van der Waals surface area contributed by atoms with Crippen LogP contribution in [-0.2, 0) is 25.7 Å². The fourth-order valence-corrected chi connectivity index (χ4v) is 10.5. The van der Waals surface area contributed by atoms with Crippen LogP contribution in [0.4, 0.5) is 11.4 Å². The molecule has 0 fully saturated rings. The number of unbranched alkanes of at least 4 members (excludes halogenated alkanes) is 4. The Morgan fingerprint density at radius 2 is 1.49 bits per heavy atom. The van der Waals surface area contributed by atoms with Crippen LogP contribution in [0.15, 0.2) is 77.4 Å². The van der Waals surface area contributed by atoms with Crippen LogP contribution in [0.1, 0.15) is 151 Å². The van der Waals surface area contributed by atoms with Crippen molar-refractivity contribution < 1.29 is 37.0 Å². The Balaban J connectivity index is 1.54. The summed E-state index contributed by atoms with van der Waals surface area (Å²) in [6.45, 7) is 19.8. The van der Waals surface area contributed by atoms with Crippen molar-refractivity contribution in [2.45, 2.75) is 136 Å². The number of anilines is 1. The molecule has 0 aliphatic carbocycles. The minimum Gasteiger partial charge on any atom is -0.478 e. The first-order valence-electron chi connectivity index (χ1n) is 22.0. The summed E-state index contributed by atoms with van der Waals surface area (Å²) in [6, 6.07) is 14.4. The van der Waals surface area contributed by atoms with Gasteiger partial charge in [-0.2, -0.15) is 13.0 Å². The summed E-state index contributed by atoms with van der Waals surface area (Å²) < 4.78 is 39.3. The van der Waals surface area contributed by atoms with Crippen LogP contribution < -0.4 is 4.90 Å². The van der Waals surface area contributed by atoms with E-state index in [0.717, 1.165) is 103 Å². The Morgan fingerprint density at radius 3 is 2.11 bits per heavy atom. The van der Waals surface area contributed by atoms with Crippen molar-refractivity contribution in [1.29, 1.82) is 0 Å². The summed E-state index contributed by atoms with van der Waals surface area (Å²) in [5, 5.41) is 12.8. The number of aromatic carboxylic acids is 1. The van der Waals surface area contributed by atoms with Crippen LogP contribution in [0, 0.1) is 12.8 Å². The molecule has 4 aromatic carbocycles. The first kappa shape index (κ1) is 45.6. The highest BCUT2D eigenvalue weighted by atomic mass is 32.2. The number of rotatable bonds is 18. The van der Waals surface area contributed by atoms with Crippen LogP contribution in [0.5, 0.6) is 0 Å². The summed E-state index contributed by atoms with van der Waals surface area (Å²) >= 11 is 0. The van der Waals surface area contributed by atoms with Crippen LogP contribution in [0.25, 0.3) is 21.5 Å². The molecule has 1 atom stereocenters. The summed E-state index contributed by atoms with van der Waals surface area (Å²) in [5.74, 6) is -0.896. The number of carbonyl (C=O) groups is 3. The molecule has 0 spiro atoms. The highest BCUT2D eigenvalue weighted by Gasteiger charge is 2.47. The molecule has 0 amide bonds. The number of carboxylic acid groups (broad SMARTS) is 1. The largest absolute Gasteiger partial charge is 0.478 e. The van der Waals surface area contributed by atoms with Gasteiger partial charge in [0.05, 0.1) is 11.0 Å². The number of allylic oxidation sites excluding steroid dienone is 4. The summed E-state index contributed by atoms with van der Waals surface area (Å²) in [4.78, 5) is 39.1. The van der Waals surface area contributed by atoms with E-state index in [0.29, 0.717) is 29.3 Å². The number of fused-ring (bicyclic) bond motifs is 6. The maximum Gasteiger partial charge on any atom is 0.335 e. The van der Waals surface area contributed by atoms with E-state index >= 15 is 0 Å². The molecule has 2 N–H and O–H groups in total. The second-order valence-corrected chi connectivity index (χ2v) is 19.5. The normalized spacial score (nSPS) is 18.0. The molecule has 9 nitrogen and oxygen atoms in total. The van der Waals surface area contributed by atoms with Gasteiger partial charge in [0.25, 0.3) is 10.1 Å². The van der Waals surface area contributed by atoms with E-state index in [9.17, 15) is 32.5 Å². The van der Waals surface area contributed by atoms with E-state index in [1.54, 1.807) is 30.3 Å². The number of carbonyl (C=O) groups excluding carboxylic acids is 2. The minimum atomic E-state index is -4.68. The van der Waals surface area contributed by atoms with Gasteiger partial charge in [-0.05, 0) is 112 Å². The number of hydrogen-bond donors (Lipinski definition) is 2. The minimum absolute atomic E-state index is 0.00290. The average Bonchev–Trinajstić information content (AvgIpc) is 3.56. The second-order valence-electron chi connectivity index (χ2n) is 18.2. The molecule has 2 aliphatic rings. The molecule has 4 aromatic rings. The topological polar surface area (TPSA) is 132 Å². The van der Waals surface area contributed by atoms with Crippen molar-refractivity contribution in [2.24, 2.45) is 5.92 Å². The molecule has 0 bridgehead atoms. The number of aryl methyl sites for hydroxylation is 1. The van der Waals surface area contributed by atoms with Crippen molar-refractivity contribution in [3.63, 3.8) is 0 Å². The van der Waals surface area contributed by atoms with Gasteiger partial charge in [0.1, 0.15) is 17.2 Å². The maximum atomic E-state index is 13.1. The Labute approximate surface area is 362 Å². The maximum absolute atomic E-state index is 13.1. The first-order valence-corrected chi connectivity index (χ1v) is 23.5. The third-order valence-electron chi connectivity index (χ3n) is 13.1. The molecule has 10 heteroatoms. The zero-order chi connectivity index (χ0) is 44.6. The van der Waals surface area contributed by atoms with E-state index in [1.807, 2.05) is 32.9 Å². The molecule has 2 aliphatic heterocycles. The van der Waals surface area contributed by atoms with Crippen molar-refractivity contribution in [1.82, 2.24) is 0 Å². The molecule has 0 radical (unpaired) electrons. The fraction of sp³-hybridized carbons (Fsp3) is 0.451. The highest BCUT2D eigenvalue weighted by Crippen LogP contribution is 2.55. The van der Waals surface area contributed by atoms with Gasteiger partial charge in [-0.1, -0.05) is 77.7 Å². The Morgan fingerprint density at radius 1 is 0.836 bits per heavy atom. The van der Waals surface area contributed by atoms with E-state index < -0.39 is 26.9 Å². The standard InChI is InChI=1S/C51H62N2O7S/c1-10-12-26-52-41-28-33(5)39-30-36(49(56)57)22-24-37(39)47(41)50(7,8)45(52)19-17-20-46-51(9,25-16-14-15-18-43(55)32(3)4)48-38-23-21-35(34(6)54)29-40(38)44(61(58,59)60)31-42(48)53(46)27-13-11-2/h17,19-24,28-32H,10-16,18,25-27H2,1-9H3,(H-,56,57,58,59,60)/p+1. The first-order chi connectivity index (χ1) is 28.8. The molecule has 6 rings (SSSR count). The Hall–Kier alpha value is -4.93. The third-order valence-corrected chi connectivity index (χ3v) is 14.0. The van der Waals surface area contributed by atoms with Gasteiger partial charge in [0.15, 0.2) is 11.5 Å². The SMILES string of the molecule is CCCCN1C(=CC=CC2=[N+](CCCC)c3cc(C)c4cc(C(=O)O)ccc4c3C2(C)C)C(C)(CCCCCC(=O)C(C)C)c2c1cc(S(=O)(=O)O)c1cc(C(C)=O)ccc21. The highest BCUT2D eigenvalue weighted by molar-refractivity contribution is 7.86. The van der Waals surface area contributed by atoms with Gasteiger partial charge in [-0.15, -0.1) is 0 Å². The average molecular weight is 848 g/mol. The molecule has 324 valence electrons. The molecule has 2 heterocycles. The molecular formula is C51H63N2O7S+.